The Labute approximate surface area is 157 Å². The highest BCUT2D eigenvalue weighted by Crippen LogP contribution is 2.18. The van der Waals surface area contributed by atoms with E-state index in [4.69, 9.17) is 18.0 Å². The molecule has 3 aromatic rings. The van der Waals surface area contributed by atoms with Gasteiger partial charge in [0.2, 0.25) is 17.0 Å². The number of benzene rings is 2. The molecule has 0 saturated carbocycles. The highest BCUT2D eigenvalue weighted by Gasteiger charge is 2.06. The lowest BCUT2D eigenvalue weighted by Gasteiger charge is -2.11. The molecule has 0 amide bonds. The van der Waals surface area contributed by atoms with Gasteiger partial charge in [0.05, 0.1) is 11.2 Å². The summed E-state index contributed by atoms with van der Waals surface area (Å²) >= 11 is 5.27. The monoisotopic (exact) mass is 364 g/mol. The lowest BCUT2D eigenvalue weighted by molar-refractivity contribution is 1.15. The summed E-state index contributed by atoms with van der Waals surface area (Å²) in [4.78, 5) is 13.0. The second-order valence-corrected chi connectivity index (χ2v) is 6.34. The molecule has 3 rings (SSSR count). The number of nitrogens with zero attached hydrogens (tertiary/aromatic N) is 3. The average molecular weight is 364 g/mol. The van der Waals surface area contributed by atoms with E-state index in [1.807, 2.05) is 63.2 Å². The Balaban J connectivity index is 1.76. The normalized spacial score (nSPS) is 11.4. The van der Waals surface area contributed by atoms with E-state index < -0.39 is 0 Å². The number of rotatable bonds is 2. The molecule has 0 bridgehead atoms. The Morgan fingerprint density at radius 2 is 1.77 bits per heavy atom. The third-order valence-electron chi connectivity index (χ3n) is 4.10. The van der Waals surface area contributed by atoms with E-state index in [2.05, 4.69) is 25.6 Å². The molecule has 6 nitrogen and oxygen atoms in total. The maximum atomic E-state index is 5.95. The van der Waals surface area contributed by atoms with E-state index in [-0.39, 0.29) is 11.1 Å². The zero-order valence-corrected chi connectivity index (χ0v) is 15.7. The zero-order chi connectivity index (χ0) is 18.7. The minimum atomic E-state index is 0.127. The lowest BCUT2D eigenvalue weighted by Crippen LogP contribution is -2.26. The summed E-state index contributed by atoms with van der Waals surface area (Å²) in [5.41, 5.74) is 10.9. The number of fused-ring (bicyclic) bond motifs is 1. The van der Waals surface area contributed by atoms with E-state index in [0.717, 1.165) is 27.8 Å². The summed E-state index contributed by atoms with van der Waals surface area (Å²) < 4.78 is 0. The first kappa shape index (κ1) is 17.8. The fraction of sp³-hybridized carbons (Fsp3) is 0.158. The van der Waals surface area contributed by atoms with Gasteiger partial charge in [-0.1, -0.05) is 30.3 Å². The second-order valence-electron chi connectivity index (χ2n) is 5.95. The van der Waals surface area contributed by atoms with Gasteiger partial charge in [0, 0.05) is 11.1 Å². The molecule has 0 atom stereocenters. The summed E-state index contributed by atoms with van der Waals surface area (Å²) in [7, 11) is 0. The Kier molecular flexibility index (Phi) is 5.09. The minimum Gasteiger partial charge on any atom is -0.369 e. The molecule has 1 aromatic heterocycles. The van der Waals surface area contributed by atoms with Crippen molar-refractivity contribution in [2.24, 2.45) is 10.7 Å². The molecule has 0 fully saturated rings. The first-order chi connectivity index (χ1) is 12.4. The van der Waals surface area contributed by atoms with Gasteiger partial charge >= 0.3 is 0 Å². The van der Waals surface area contributed by atoms with Crippen molar-refractivity contribution in [2.75, 3.05) is 10.6 Å². The van der Waals surface area contributed by atoms with Gasteiger partial charge in [0.1, 0.15) is 0 Å². The molecule has 0 spiro atoms. The molecule has 0 unspecified atom stereocenters. The van der Waals surface area contributed by atoms with Crippen LogP contribution >= 0.6 is 12.2 Å². The number of hydrogen-bond acceptors (Lipinski definition) is 3. The van der Waals surface area contributed by atoms with E-state index in [1.165, 1.54) is 5.56 Å². The van der Waals surface area contributed by atoms with Crippen LogP contribution in [0.5, 0.6) is 0 Å². The highest BCUT2D eigenvalue weighted by molar-refractivity contribution is 7.80. The van der Waals surface area contributed by atoms with E-state index in [0.29, 0.717) is 5.95 Å². The van der Waals surface area contributed by atoms with Gasteiger partial charge in [-0.05, 0) is 56.2 Å². The van der Waals surface area contributed by atoms with Crippen LogP contribution in [-0.2, 0) is 0 Å². The zero-order valence-electron chi connectivity index (χ0n) is 14.9. The minimum absolute atomic E-state index is 0.127. The topological polar surface area (TPSA) is 88.2 Å². The lowest BCUT2D eigenvalue weighted by atomic mass is 10.1. The van der Waals surface area contributed by atoms with Crippen molar-refractivity contribution in [3.63, 3.8) is 0 Å². The van der Waals surface area contributed by atoms with Crippen LogP contribution in [0.25, 0.3) is 10.9 Å². The number of anilines is 2. The summed E-state index contributed by atoms with van der Waals surface area (Å²) in [6.45, 7) is 5.99. The van der Waals surface area contributed by atoms with Crippen molar-refractivity contribution < 1.29 is 0 Å². The first-order valence-corrected chi connectivity index (χ1v) is 8.56. The molecule has 0 aliphatic rings. The number of nitrogens with one attached hydrogen (secondary N) is 2. The van der Waals surface area contributed by atoms with Crippen LogP contribution < -0.4 is 16.4 Å². The van der Waals surface area contributed by atoms with Crippen molar-refractivity contribution >= 4 is 45.8 Å². The van der Waals surface area contributed by atoms with Crippen molar-refractivity contribution in [3.05, 3.63) is 59.3 Å². The van der Waals surface area contributed by atoms with Gasteiger partial charge in [0.25, 0.3) is 0 Å². The van der Waals surface area contributed by atoms with Gasteiger partial charge in [-0.15, -0.1) is 0 Å². The van der Waals surface area contributed by atoms with Gasteiger partial charge in [0.15, 0.2) is 0 Å². The standard InChI is InChI=1S/C19H20N6S/c1-11-7-6-10-15(12(11)2)23-19(26)25-17(20)24-18-21-13(3)14-8-4-5-9-16(14)22-18/h4-10H,1-3H3,(H4,20,21,22,23,24,25,26). The highest BCUT2D eigenvalue weighted by atomic mass is 32.1. The number of thiocarbonyl (C=S) groups is 1. The van der Waals surface area contributed by atoms with Crippen molar-refractivity contribution in [3.8, 4) is 0 Å². The van der Waals surface area contributed by atoms with Gasteiger partial charge < -0.3 is 11.1 Å². The van der Waals surface area contributed by atoms with Crippen molar-refractivity contribution in [1.29, 1.82) is 0 Å². The molecule has 7 heteroatoms. The van der Waals surface area contributed by atoms with Crippen LogP contribution in [0, 0.1) is 20.8 Å². The smallest absolute Gasteiger partial charge is 0.230 e. The second kappa shape index (κ2) is 7.45. The van der Waals surface area contributed by atoms with Crippen molar-refractivity contribution in [1.82, 2.24) is 9.97 Å². The maximum absolute atomic E-state index is 5.95. The molecule has 0 saturated heterocycles. The van der Waals surface area contributed by atoms with Crippen LogP contribution in [-0.4, -0.2) is 21.0 Å². The molecule has 4 N–H and O–H groups in total. The number of nitrogens with two attached hydrogens (primary N) is 1. The molecule has 0 radical (unpaired) electrons. The Bertz CT molecular complexity index is 1010. The number of hydrogen-bond donors (Lipinski definition) is 3. The Morgan fingerprint density at radius 3 is 2.58 bits per heavy atom. The van der Waals surface area contributed by atoms with E-state index in [9.17, 15) is 0 Å². The SMILES string of the molecule is Cc1cccc(NC(=S)N=C(N)Nc2nc(C)c3ccccc3n2)c1C. The predicted octanol–water partition coefficient (Wildman–Crippen LogP) is 3.68. The predicted molar refractivity (Wildman–Crippen MR) is 112 cm³/mol. The summed E-state index contributed by atoms with van der Waals surface area (Å²) in [6.07, 6.45) is 0. The number of aromatic nitrogens is 2. The van der Waals surface area contributed by atoms with Crippen LogP contribution in [0.3, 0.4) is 0 Å². The van der Waals surface area contributed by atoms with E-state index >= 15 is 0 Å². The molecule has 26 heavy (non-hydrogen) atoms. The Morgan fingerprint density at radius 1 is 1.00 bits per heavy atom. The van der Waals surface area contributed by atoms with Gasteiger partial charge in [-0.25, -0.2) is 9.97 Å². The molecule has 2 aromatic carbocycles. The maximum Gasteiger partial charge on any atom is 0.230 e. The Hall–Kier alpha value is -3.06. The molecule has 0 aliphatic heterocycles. The molecule has 1 heterocycles. The third kappa shape index (κ3) is 3.94. The van der Waals surface area contributed by atoms with Crippen LogP contribution in [0.2, 0.25) is 0 Å². The molecule has 132 valence electrons. The van der Waals surface area contributed by atoms with Gasteiger partial charge in [-0.3, -0.25) is 5.32 Å². The van der Waals surface area contributed by atoms with Crippen molar-refractivity contribution in [2.45, 2.75) is 20.8 Å². The summed E-state index contributed by atoms with van der Waals surface area (Å²) in [6, 6.07) is 13.7. The number of guanidine groups is 1. The largest absolute Gasteiger partial charge is 0.369 e. The molecular formula is C19H20N6S. The van der Waals surface area contributed by atoms with Crippen LogP contribution in [0.4, 0.5) is 11.6 Å². The first-order valence-electron chi connectivity index (χ1n) is 8.16. The number of para-hydroxylation sites is 1. The van der Waals surface area contributed by atoms with E-state index in [1.54, 1.807) is 0 Å². The fourth-order valence-electron chi connectivity index (χ4n) is 2.57. The third-order valence-corrected chi connectivity index (χ3v) is 4.30. The number of aryl methyl sites for hydroxylation is 2. The fourth-order valence-corrected chi connectivity index (χ4v) is 2.78. The summed E-state index contributed by atoms with van der Waals surface area (Å²) in [5, 5.41) is 7.25. The molecule has 0 aliphatic carbocycles. The quantitative estimate of drug-likeness (QED) is 0.365. The van der Waals surface area contributed by atoms with Gasteiger partial charge in [-0.2, -0.15) is 4.99 Å². The molecular weight excluding hydrogens is 344 g/mol. The van der Waals surface area contributed by atoms with Crippen LogP contribution in [0.1, 0.15) is 16.8 Å². The summed E-state index contributed by atoms with van der Waals surface area (Å²) in [5.74, 6) is 0.513. The number of aliphatic imine (C=N–C) groups is 1. The van der Waals surface area contributed by atoms with Crippen LogP contribution in [0.15, 0.2) is 47.5 Å². The average Bonchev–Trinajstić information content (AvgIpc) is 2.59.